The average molecular weight is 317 g/mol. The summed E-state index contributed by atoms with van der Waals surface area (Å²) < 4.78 is 18.5. The van der Waals surface area contributed by atoms with E-state index in [2.05, 4.69) is 15.5 Å². The molecule has 0 saturated heterocycles. The van der Waals surface area contributed by atoms with Crippen molar-refractivity contribution >= 4 is 33.2 Å². The highest BCUT2D eigenvalue weighted by molar-refractivity contribution is 7.14. The van der Waals surface area contributed by atoms with E-state index in [1.165, 1.54) is 12.1 Å². The third-order valence-corrected chi connectivity index (χ3v) is 4.66. The van der Waals surface area contributed by atoms with Crippen LogP contribution in [0.2, 0.25) is 0 Å². The van der Waals surface area contributed by atoms with Gasteiger partial charge in [-0.1, -0.05) is 0 Å². The van der Waals surface area contributed by atoms with Crippen molar-refractivity contribution in [1.29, 1.82) is 0 Å². The van der Waals surface area contributed by atoms with Gasteiger partial charge in [0.25, 0.3) is 0 Å². The Hall–Kier alpha value is -2.41. The molecule has 112 valence electrons. The second-order valence-corrected chi connectivity index (χ2v) is 6.11. The fraction of sp³-hybridized carbons (Fsp3) is 0.200. The van der Waals surface area contributed by atoms with E-state index in [-0.39, 0.29) is 23.6 Å². The van der Waals surface area contributed by atoms with Gasteiger partial charge in [0.1, 0.15) is 5.82 Å². The van der Waals surface area contributed by atoms with Crippen LogP contribution in [-0.4, -0.2) is 22.7 Å². The topological polar surface area (TPSA) is 67.0 Å². The number of H-pyrrole nitrogens is 1. The minimum Gasteiger partial charge on any atom is -0.405 e. The minimum absolute atomic E-state index is 0.191. The molecule has 0 aliphatic carbocycles. The molecule has 1 aromatic carbocycles. The van der Waals surface area contributed by atoms with E-state index in [1.54, 1.807) is 17.4 Å². The molecule has 0 radical (unpaired) electrons. The molecule has 5 nitrogen and oxygen atoms in total. The minimum atomic E-state index is -0.365. The predicted molar refractivity (Wildman–Crippen MR) is 81.7 cm³/mol. The maximum atomic E-state index is 13.1. The van der Waals surface area contributed by atoms with Gasteiger partial charge in [0.2, 0.25) is 5.88 Å². The third-order valence-electron chi connectivity index (χ3n) is 3.74. The summed E-state index contributed by atoms with van der Waals surface area (Å²) in [5.74, 6) is -0.761. The molecular formula is C15H12FN3O2S. The number of aromatic amines is 1. The fourth-order valence-corrected chi connectivity index (χ4v) is 3.43. The van der Waals surface area contributed by atoms with E-state index in [1.807, 2.05) is 11.4 Å². The SMILES string of the molecule is O=C(Oc1n[nH]c2cc(F)ccc12)C1CNc2sccc2C1. The summed E-state index contributed by atoms with van der Waals surface area (Å²) in [7, 11) is 0. The first kappa shape index (κ1) is 13.3. The number of hydrogen-bond donors (Lipinski definition) is 2. The zero-order valence-electron chi connectivity index (χ0n) is 11.4. The van der Waals surface area contributed by atoms with Crippen LogP contribution in [0.15, 0.2) is 29.6 Å². The number of carbonyl (C=O) groups excluding carboxylic acids is 1. The lowest BCUT2D eigenvalue weighted by atomic mass is 9.98. The second-order valence-electron chi connectivity index (χ2n) is 5.20. The lowest BCUT2D eigenvalue weighted by Crippen LogP contribution is -2.32. The van der Waals surface area contributed by atoms with Gasteiger partial charge in [0, 0.05) is 6.54 Å². The molecule has 7 heteroatoms. The normalized spacial score (nSPS) is 17.0. The first-order valence-electron chi connectivity index (χ1n) is 6.86. The Morgan fingerprint density at radius 2 is 2.32 bits per heavy atom. The molecule has 0 spiro atoms. The third kappa shape index (κ3) is 2.23. The van der Waals surface area contributed by atoms with Crippen molar-refractivity contribution in [2.75, 3.05) is 11.9 Å². The van der Waals surface area contributed by atoms with Crippen molar-refractivity contribution in [2.45, 2.75) is 6.42 Å². The van der Waals surface area contributed by atoms with E-state index < -0.39 is 0 Å². The summed E-state index contributed by atoms with van der Waals surface area (Å²) in [6.07, 6.45) is 0.654. The lowest BCUT2D eigenvalue weighted by molar-refractivity contribution is -0.138. The van der Waals surface area contributed by atoms with Gasteiger partial charge in [0.05, 0.1) is 21.8 Å². The molecule has 2 aromatic heterocycles. The van der Waals surface area contributed by atoms with Crippen LogP contribution in [0.5, 0.6) is 5.88 Å². The Balaban J connectivity index is 1.54. The van der Waals surface area contributed by atoms with Crippen LogP contribution in [0.4, 0.5) is 9.39 Å². The predicted octanol–water partition coefficient (Wildman–Crippen LogP) is 2.95. The number of thiophene rings is 1. The zero-order chi connectivity index (χ0) is 15.1. The van der Waals surface area contributed by atoms with Gasteiger partial charge in [0.15, 0.2) is 0 Å². The van der Waals surface area contributed by atoms with Gasteiger partial charge in [-0.05, 0) is 41.6 Å². The quantitative estimate of drug-likeness (QED) is 0.713. The zero-order valence-corrected chi connectivity index (χ0v) is 12.2. The van der Waals surface area contributed by atoms with E-state index >= 15 is 0 Å². The molecule has 0 saturated carbocycles. The summed E-state index contributed by atoms with van der Waals surface area (Å²) in [5, 5.41) is 13.6. The summed E-state index contributed by atoms with van der Waals surface area (Å²) >= 11 is 1.63. The van der Waals surface area contributed by atoms with Gasteiger partial charge in [-0.25, -0.2) is 4.39 Å². The van der Waals surface area contributed by atoms with Crippen LogP contribution in [-0.2, 0) is 11.2 Å². The summed E-state index contributed by atoms with van der Waals surface area (Å²) in [5.41, 5.74) is 1.64. The monoisotopic (exact) mass is 317 g/mol. The molecule has 1 atom stereocenters. The van der Waals surface area contributed by atoms with Crippen LogP contribution in [0.1, 0.15) is 5.56 Å². The number of aromatic nitrogens is 2. The lowest BCUT2D eigenvalue weighted by Gasteiger charge is -2.21. The average Bonchev–Trinajstić information content (AvgIpc) is 3.13. The van der Waals surface area contributed by atoms with Gasteiger partial charge in [-0.2, -0.15) is 0 Å². The van der Waals surface area contributed by atoms with Gasteiger partial charge in [-0.3, -0.25) is 9.89 Å². The highest BCUT2D eigenvalue weighted by Crippen LogP contribution is 2.31. The Morgan fingerprint density at radius 1 is 1.41 bits per heavy atom. The highest BCUT2D eigenvalue weighted by atomic mass is 32.1. The molecule has 0 fully saturated rings. The van der Waals surface area contributed by atoms with Gasteiger partial charge >= 0.3 is 5.97 Å². The second kappa shape index (κ2) is 5.10. The number of hydrogen-bond acceptors (Lipinski definition) is 5. The maximum absolute atomic E-state index is 13.1. The largest absolute Gasteiger partial charge is 0.405 e. The van der Waals surface area contributed by atoms with Gasteiger partial charge < -0.3 is 10.1 Å². The molecule has 0 amide bonds. The van der Waals surface area contributed by atoms with Crippen molar-refractivity contribution < 1.29 is 13.9 Å². The molecule has 4 rings (SSSR count). The first-order valence-corrected chi connectivity index (χ1v) is 7.74. The summed E-state index contributed by atoms with van der Waals surface area (Å²) in [4.78, 5) is 12.3. The number of nitrogens with one attached hydrogen (secondary N) is 2. The summed E-state index contributed by atoms with van der Waals surface area (Å²) in [6, 6.07) is 6.19. The van der Waals surface area contributed by atoms with Crippen LogP contribution in [0, 0.1) is 11.7 Å². The number of rotatable bonds is 2. The Morgan fingerprint density at radius 3 is 3.23 bits per heavy atom. The molecular weight excluding hydrogens is 305 g/mol. The van der Waals surface area contributed by atoms with Crippen LogP contribution in [0.3, 0.4) is 0 Å². The Labute approximate surface area is 129 Å². The Kier molecular flexibility index (Phi) is 3.07. The van der Waals surface area contributed by atoms with Crippen LogP contribution in [0.25, 0.3) is 10.9 Å². The highest BCUT2D eigenvalue weighted by Gasteiger charge is 2.27. The van der Waals surface area contributed by atoms with E-state index in [0.717, 1.165) is 10.6 Å². The van der Waals surface area contributed by atoms with Crippen molar-refractivity contribution in [1.82, 2.24) is 10.2 Å². The number of anilines is 1. The number of fused-ring (bicyclic) bond motifs is 2. The van der Waals surface area contributed by atoms with Crippen LogP contribution >= 0.6 is 11.3 Å². The molecule has 3 heterocycles. The number of nitrogens with zero attached hydrogens (tertiary/aromatic N) is 1. The van der Waals surface area contributed by atoms with E-state index in [0.29, 0.717) is 23.9 Å². The standard InChI is InChI=1S/C15H12FN3O2S/c16-10-1-2-11-12(6-10)18-19-13(11)21-15(20)9-5-8-3-4-22-14(8)17-7-9/h1-4,6,9,17H,5,7H2,(H,18,19). The van der Waals surface area contributed by atoms with Crippen LogP contribution < -0.4 is 10.1 Å². The van der Waals surface area contributed by atoms with E-state index in [9.17, 15) is 9.18 Å². The number of benzene rings is 1. The van der Waals surface area contributed by atoms with Crippen molar-refractivity contribution in [3.8, 4) is 5.88 Å². The number of halogens is 1. The number of ether oxygens (including phenoxy) is 1. The van der Waals surface area contributed by atoms with Crippen molar-refractivity contribution in [2.24, 2.45) is 5.92 Å². The molecule has 0 bridgehead atoms. The Bertz CT molecular complexity index is 857. The first-order chi connectivity index (χ1) is 10.7. The number of carbonyl (C=O) groups is 1. The van der Waals surface area contributed by atoms with Gasteiger partial charge in [-0.15, -0.1) is 16.4 Å². The van der Waals surface area contributed by atoms with E-state index in [4.69, 9.17) is 4.74 Å². The number of esters is 1. The molecule has 1 aliphatic heterocycles. The molecule has 1 unspecified atom stereocenters. The summed E-state index contributed by atoms with van der Waals surface area (Å²) in [6.45, 7) is 0.545. The maximum Gasteiger partial charge on any atom is 0.317 e. The molecule has 3 aromatic rings. The molecule has 2 N–H and O–H groups in total. The van der Waals surface area contributed by atoms with Crippen molar-refractivity contribution in [3.63, 3.8) is 0 Å². The smallest absolute Gasteiger partial charge is 0.317 e. The fourth-order valence-electron chi connectivity index (χ4n) is 2.59. The van der Waals surface area contributed by atoms with Crippen molar-refractivity contribution in [3.05, 3.63) is 41.0 Å². The molecule has 1 aliphatic rings. The molecule has 22 heavy (non-hydrogen) atoms.